The van der Waals surface area contributed by atoms with Crippen LogP contribution in [0.1, 0.15) is 48.3 Å². The molecule has 1 aliphatic heterocycles. The Kier molecular flexibility index (Phi) is 8.44. The van der Waals surface area contributed by atoms with Gasteiger partial charge in [-0.05, 0) is 55.9 Å². The van der Waals surface area contributed by atoms with Crippen molar-refractivity contribution in [2.45, 2.75) is 46.1 Å². The minimum atomic E-state index is 0. The van der Waals surface area contributed by atoms with E-state index in [-0.39, 0.29) is 30.1 Å². The number of piperidine rings is 1. The minimum absolute atomic E-state index is 0. The van der Waals surface area contributed by atoms with Crippen molar-refractivity contribution in [2.75, 3.05) is 26.2 Å². The van der Waals surface area contributed by atoms with Crippen molar-refractivity contribution < 1.29 is 9.90 Å². The van der Waals surface area contributed by atoms with Gasteiger partial charge in [0.15, 0.2) is 0 Å². The van der Waals surface area contributed by atoms with E-state index < -0.39 is 0 Å². The highest BCUT2D eigenvalue weighted by Gasteiger charge is 2.31. The number of hydrogen-bond donors (Lipinski definition) is 2. The zero-order valence-corrected chi connectivity index (χ0v) is 20.7. The van der Waals surface area contributed by atoms with Crippen LogP contribution in [0.3, 0.4) is 0 Å². The molecular weight excluding hydrogens is 434 g/mol. The molecule has 2 heterocycles. The van der Waals surface area contributed by atoms with Gasteiger partial charge in [0.2, 0.25) is 0 Å². The second-order valence-electron chi connectivity index (χ2n) is 9.51. The third kappa shape index (κ3) is 5.90. The number of amides is 1. The second kappa shape index (κ2) is 11.1. The molecule has 178 valence electrons. The Morgan fingerprint density at radius 2 is 1.85 bits per heavy atom. The van der Waals surface area contributed by atoms with Gasteiger partial charge in [-0.25, -0.2) is 0 Å². The molecule has 0 atom stereocenters. The first kappa shape index (κ1) is 25.1. The summed E-state index contributed by atoms with van der Waals surface area (Å²) in [5.41, 5.74) is 3.83. The third-order valence-electron chi connectivity index (χ3n) is 6.56. The van der Waals surface area contributed by atoms with Crippen LogP contribution >= 0.6 is 12.4 Å². The van der Waals surface area contributed by atoms with E-state index in [0.717, 1.165) is 62.0 Å². The van der Waals surface area contributed by atoms with Crippen LogP contribution in [0.15, 0.2) is 48.5 Å². The number of benzene rings is 2. The molecule has 6 heteroatoms. The smallest absolute Gasteiger partial charge is 0.256 e. The molecule has 1 amide bonds. The van der Waals surface area contributed by atoms with E-state index in [1.54, 1.807) is 12.1 Å². The number of halogens is 1. The van der Waals surface area contributed by atoms with Crippen LogP contribution in [0.4, 0.5) is 0 Å². The Labute approximate surface area is 203 Å². The number of aromatic amines is 1. The summed E-state index contributed by atoms with van der Waals surface area (Å²) in [6.45, 7) is 10.1. The van der Waals surface area contributed by atoms with E-state index in [2.05, 4.69) is 59.0 Å². The quantitative estimate of drug-likeness (QED) is 0.486. The third-order valence-corrected chi connectivity index (χ3v) is 6.56. The number of carbonyl (C=O) groups is 1. The Bertz CT molecular complexity index is 1060. The van der Waals surface area contributed by atoms with Crippen molar-refractivity contribution in [3.8, 4) is 5.75 Å². The molecule has 4 rings (SSSR count). The highest BCUT2D eigenvalue weighted by Crippen LogP contribution is 2.29. The molecule has 0 spiro atoms. The van der Waals surface area contributed by atoms with Gasteiger partial charge in [0.25, 0.3) is 5.91 Å². The molecule has 2 aromatic carbocycles. The molecule has 5 nitrogen and oxygen atoms in total. The van der Waals surface area contributed by atoms with Gasteiger partial charge in [0.05, 0.1) is 5.56 Å². The van der Waals surface area contributed by atoms with Gasteiger partial charge in [0, 0.05) is 48.8 Å². The lowest BCUT2D eigenvalue weighted by Crippen LogP contribution is -2.49. The van der Waals surface area contributed by atoms with Gasteiger partial charge in [0.1, 0.15) is 5.75 Å². The average molecular weight is 470 g/mol. The van der Waals surface area contributed by atoms with E-state index in [4.69, 9.17) is 0 Å². The molecule has 33 heavy (non-hydrogen) atoms. The predicted molar refractivity (Wildman–Crippen MR) is 137 cm³/mol. The van der Waals surface area contributed by atoms with Gasteiger partial charge in [-0.2, -0.15) is 0 Å². The van der Waals surface area contributed by atoms with E-state index in [0.29, 0.717) is 11.5 Å². The summed E-state index contributed by atoms with van der Waals surface area (Å²) < 4.78 is 0. The van der Waals surface area contributed by atoms with Crippen LogP contribution in [0.2, 0.25) is 0 Å². The number of aryl methyl sites for hydroxylation is 1. The number of nitrogens with zero attached hydrogens (tertiary/aromatic N) is 2. The number of likely N-dealkylation sites (tertiary alicyclic amines) is 1. The molecule has 1 aliphatic rings. The van der Waals surface area contributed by atoms with E-state index in [1.807, 2.05) is 13.0 Å². The van der Waals surface area contributed by atoms with Crippen LogP contribution in [0, 0.1) is 12.8 Å². The highest BCUT2D eigenvalue weighted by molar-refractivity contribution is 6.08. The fourth-order valence-corrected chi connectivity index (χ4v) is 4.91. The minimum Gasteiger partial charge on any atom is -0.508 e. The number of phenols is 1. The Morgan fingerprint density at radius 1 is 1.15 bits per heavy atom. The summed E-state index contributed by atoms with van der Waals surface area (Å²) in [5, 5.41) is 10.8. The van der Waals surface area contributed by atoms with Crippen molar-refractivity contribution in [3.05, 3.63) is 65.4 Å². The molecule has 0 bridgehead atoms. The monoisotopic (exact) mass is 469 g/mol. The van der Waals surface area contributed by atoms with E-state index in [9.17, 15) is 9.90 Å². The molecular formula is C27H36ClN3O2. The fraction of sp³-hybridized carbons (Fsp3) is 0.444. The zero-order chi connectivity index (χ0) is 22.7. The van der Waals surface area contributed by atoms with E-state index >= 15 is 0 Å². The maximum absolute atomic E-state index is 13.8. The average Bonchev–Trinajstić information content (AvgIpc) is 3.11. The summed E-state index contributed by atoms with van der Waals surface area (Å²) >= 11 is 0. The van der Waals surface area contributed by atoms with Crippen LogP contribution in [-0.4, -0.2) is 58.0 Å². The molecule has 0 aliphatic carbocycles. The maximum atomic E-state index is 13.8. The summed E-state index contributed by atoms with van der Waals surface area (Å²) in [5.74, 6) is 0.664. The van der Waals surface area contributed by atoms with Crippen molar-refractivity contribution in [1.29, 1.82) is 0 Å². The van der Waals surface area contributed by atoms with E-state index in [1.165, 1.54) is 5.56 Å². The molecule has 0 saturated carbocycles. The fourth-order valence-electron chi connectivity index (χ4n) is 4.91. The first-order valence-electron chi connectivity index (χ1n) is 11.8. The Morgan fingerprint density at radius 3 is 2.52 bits per heavy atom. The molecule has 0 unspecified atom stereocenters. The number of hydrogen-bond acceptors (Lipinski definition) is 3. The predicted octanol–water partition coefficient (Wildman–Crippen LogP) is 5.41. The summed E-state index contributed by atoms with van der Waals surface area (Å²) in [6, 6.07) is 16.1. The van der Waals surface area contributed by atoms with Crippen LogP contribution < -0.4 is 0 Å². The van der Waals surface area contributed by atoms with Crippen LogP contribution in [0.5, 0.6) is 5.75 Å². The molecule has 2 N–H and O–H groups in total. The summed E-state index contributed by atoms with van der Waals surface area (Å²) in [7, 11) is 0. The van der Waals surface area contributed by atoms with Crippen molar-refractivity contribution >= 4 is 29.2 Å². The molecule has 3 aromatic rings. The summed E-state index contributed by atoms with van der Waals surface area (Å²) in [6.07, 6.45) is 3.07. The van der Waals surface area contributed by atoms with Gasteiger partial charge in [-0.1, -0.05) is 44.2 Å². The first-order valence-corrected chi connectivity index (χ1v) is 11.8. The maximum Gasteiger partial charge on any atom is 0.256 e. The van der Waals surface area contributed by atoms with Gasteiger partial charge in [-0.3, -0.25) is 4.79 Å². The van der Waals surface area contributed by atoms with Gasteiger partial charge in [-0.15, -0.1) is 12.4 Å². The number of fused-ring (bicyclic) bond motifs is 1. The lowest BCUT2D eigenvalue weighted by molar-refractivity contribution is 0.0542. The number of carbonyl (C=O) groups excluding carboxylic acids is 1. The molecule has 1 fully saturated rings. The van der Waals surface area contributed by atoms with Crippen molar-refractivity contribution in [2.24, 2.45) is 5.92 Å². The largest absolute Gasteiger partial charge is 0.508 e. The van der Waals surface area contributed by atoms with Crippen LogP contribution in [0.25, 0.3) is 10.9 Å². The number of nitrogens with one attached hydrogen (secondary N) is 1. The lowest BCUT2D eigenvalue weighted by atomic mass is 9.99. The zero-order valence-electron chi connectivity index (χ0n) is 19.9. The SMILES string of the molecule is Cc1[nH]c2ccc(O)cc2c1C(=O)N(CC(C)C)C1CCN(CCc2ccccc2)CC1.Cl. The number of aromatic nitrogens is 1. The lowest BCUT2D eigenvalue weighted by Gasteiger charge is -2.39. The topological polar surface area (TPSA) is 59.6 Å². The summed E-state index contributed by atoms with van der Waals surface area (Å²) in [4.78, 5) is 21.7. The molecule has 1 saturated heterocycles. The normalized spacial score (nSPS) is 15.0. The number of phenolic OH excluding ortho intramolecular Hbond substituents is 1. The first-order chi connectivity index (χ1) is 15.4. The van der Waals surface area contributed by atoms with Crippen molar-refractivity contribution in [1.82, 2.24) is 14.8 Å². The van der Waals surface area contributed by atoms with Crippen molar-refractivity contribution in [3.63, 3.8) is 0 Å². The highest BCUT2D eigenvalue weighted by atomic mass is 35.5. The molecule has 0 radical (unpaired) electrons. The Balaban J connectivity index is 0.00000306. The second-order valence-corrected chi connectivity index (χ2v) is 9.51. The Hall–Kier alpha value is -2.50. The van der Waals surface area contributed by atoms with Crippen LogP contribution in [-0.2, 0) is 6.42 Å². The van der Waals surface area contributed by atoms with Gasteiger partial charge < -0.3 is 19.9 Å². The standard InChI is InChI=1S/C27H35N3O2.ClH/c1-19(2)18-30(27(32)26-20(3)28-25-10-9-23(31)17-24(25)26)22-12-15-29(16-13-22)14-11-21-7-5-4-6-8-21;/h4-10,17,19,22,28,31H,11-16,18H2,1-3H3;1H. The number of H-pyrrole nitrogens is 1. The van der Waals surface area contributed by atoms with Gasteiger partial charge >= 0.3 is 0 Å². The molecule has 1 aromatic heterocycles. The number of aromatic hydroxyl groups is 1. The number of rotatable bonds is 7.